The normalized spacial score (nSPS) is 17.0. The molecule has 0 saturated carbocycles. The van der Waals surface area contributed by atoms with E-state index in [1.54, 1.807) is 11.3 Å². The first-order valence-corrected chi connectivity index (χ1v) is 7.92. The minimum Gasteiger partial charge on any atom is -0.488 e. The first-order valence-electron chi connectivity index (χ1n) is 7.11. The summed E-state index contributed by atoms with van der Waals surface area (Å²) in [7, 11) is 0. The van der Waals surface area contributed by atoms with Gasteiger partial charge in [-0.15, -0.1) is 11.3 Å². The molecule has 4 heteroatoms. The van der Waals surface area contributed by atoms with E-state index in [4.69, 9.17) is 15.5 Å². The summed E-state index contributed by atoms with van der Waals surface area (Å²) < 4.78 is 7.24. The molecule has 2 heterocycles. The SMILES string of the molecule is Cc1cc2c(c(-c3nc4ccccc4s3)c1)O[C@H](CN)C2. The number of hydrogen-bond donors (Lipinski definition) is 1. The number of aryl methyl sites for hydroxylation is 1. The molecular weight excluding hydrogens is 280 g/mol. The molecule has 0 amide bonds. The number of thiazole rings is 1. The van der Waals surface area contributed by atoms with E-state index in [1.807, 2.05) is 12.1 Å². The molecule has 1 aliphatic rings. The third-order valence-electron chi connectivity index (χ3n) is 3.83. The third kappa shape index (κ3) is 2.11. The summed E-state index contributed by atoms with van der Waals surface area (Å²) in [5, 5.41) is 1.02. The molecule has 21 heavy (non-hydrogen) atoms. The van der Waals surface area contributed by atoms with Gasteiger partial charge in [-0.3, -0.25) is 0 Å². The highest BCUT2D eigenvalue weighted by molar-refractivity contribution is 7.21. The number of fused-ring (bicyclic) bond motifs is 2. The maximum atomic E-state index is 6.03. The van der Waals surface area contributed by atoms with Gasteiger partial charge in [-0.05, 0) is 36.2 Å². The van der Waals surface area contributed by atoms with Crippen LogP contribution in [0.5, 0.6) is 5.75 Å². The Hall–Kier alpha value is -1.91. The average molecular weight is 296 g/mol. The predicted octanol–water partition coefficient (Wildman–Crippen LogP) is 3.53. The minimum absolute atomic E-state index is 0.0925. The summed E-state index contributed by atoms with van der Waals surface area (Å²) in [5.41, 5.74) is 10.4. The summed E-state index contributed by atoms with van der Waals surface area (Å²) in [6.07, 6.45) is 0.987. The highest BCUT2D eigenvalue weighted by atomic mass is 32.1. The predicted molar refractivity (Wildman–Crippen MR) is 87.0 cm³/mol. The van der Waals surface area contributed by atoms with E-state index in [9.17, 15) is 0 Å². The number of nitrogens with zero attached hydrogens (tertiary/aromatic N) is 1. The fourth-order valence-corrected chi connectivity index (χ4v) is 3.85. The van der Waals surface area contributed by atoms with Crippen LogP contribution in [0, 0.1) is 6.92 Å². The zero-order valence-corrected chi connectivity index (χ0v) is 12.6. The van der Waals surface area contributed by atoms with Gasteiger partial charge in [0, 0.05) is 13.0 Å². The summed E-state index contributed by atoms with van der Waals surface area (Å²) in [5.74, 6) is 0.968. The molecule has 2 aromatic carbocycles. The molecule has 2 N–H and O–H groups in total. The van der Waals surface area contributed by atoms with Crippen molar-refractivity contribution in [2.24, 2.45) is 5.73 Å². The van der Waals surface area contributed by atoms with Gasteiger partial charge >= 0.3 is 0 Å². The largest absolute Gasteiger partial charge is 0.488 e. The maximum absolute atomic E-state index is 6.03. The lowest BCUT2D eigenvalue weighted by Gasteiger charge is -2.09. The maximum Gasteiger partial charge on any atom is 0.133 e. The lowest BCUT2D eigenvalue weighted by molar-refractivity contribution is 0.242. The van der Waals surface area contributed by atoms with Crippen LogP contribution in [0.4, 0.5) is 0 Å². The van der Waals surface area contributed by atoms with E-state index in [0.717, 1.165) is 28.3 Å². The number of para-hydroxylation sites is 1. The fourth-order valence-electron chi connectivity index (χ4n) is 2.87. The Bertz CT molecular complexity index is 792. The summed E-state index contributed by atoms with van der Waals surface area (Å²) in [4.78, 5) is 4.76. The van der Waals surface area contributed by atoms with Crippen molar-refractivity contribution in [1.29, 1.82) is 0 Å². The van der Waals surface area contributed by atoms with Crippen LogP contribution in [0.15, 0.2) is 36.4 Å². The standard InChI is InChI=1S/C17H16N2OS/c1-10-6-11-8-12(9-18)20-16(11)13(7-10)17-19-14-4-2-3-5-15(14)21-17/h2-7,12H,8-9,18H2,1H3/t12-/m0/s1. The number of benzene rings is 2. The van der Waals surface area contributed by atoms with Crippen LogP contribution in [-0.2, 0) is 6.42 Å². The van der Waals surface area contributed by atoms with E-state index in [1.165, 1.54) is 15.8 Å². The first-order chi connectivity index (χ1) is 10.2. The summed E-state index contributed by atoms with van der Waals surface area (Å²) in [6.45, 7) is 2.67. The quantitative estimate of drug-likeness (QED) is 0.787. The Balaban J connectivity index is 1.89. The van der Waals surface area contributed by atoms with E-state index >= 15 is 0 Å². The zero-order chi connectivity index (χ0) is 14.4. The Morgan fingerprint density at radius 2 is 2.19 bits per heavy atom. The molecule has 0 saturated heterocycles. The van der Waals surface area contributed by atoms with E-state index in [-0.39, 0.29) is 6.10 Å². The van der Waals surface area contributed by atoms with E-state index in [0.29, 0.717) is 6.54 Å². The molecule has 4 rings (SSSR count). The second-order valence-electron chi connectivity index (χ2n) is 5.47. The summed E-state index contributed by atoms with van der Waals surface area (Å²) >= 11 is 1.71. The monoisotopic (exact) mass is 296 g/mol. The van der Waals surface area contributed by atoms with Gasteiger partial charge in [0.15, 0.2) is 0 Å². The van der Waals surface area contributed by atoms with Crippen molar-refractivity contribution < 1.29 is 4.74 Å². The zero-order valence-electron chi connectivity index (χ0n) is 11.8. The molecule has 1 aliphatic heterocycles. The summed E-state index contributed by atoms with van der Waals surface area (Å²) in [6, 6.07) is 12.6. The Morgan fingerprint density at radius 3 is 3.00 bits per heavy atom. The topological polar surface area (TPSA) is 48.1 Å². The molecule has 0 unspecified atom stereocenters. The molecule has 0 radical (unpaired) electrons. The fraction of sp³-hybridized carbons (Fsp3) is 0.235. The molecule has 0 bridgehead atoms. The van der Waals surface area contributed by atoms with Crippen LogP contribution in [-0.4, -0.2) is 17.6 Å². The lowest BCUT2D eigenvalue weighted by atomic mass is 10.0. The van der Waals surface area contributed by atoms with Crippen LogP contribution in [0.2, 0.25) is 0 Å². The van der Waals surface area contributed by atoms with Crippen molar-refractivity contribution in [1.82, 2.24) is 4.98 Å². The molecule has 3 nitrogen and oxygen atoms in total. The van der Waals surface area contributed by atoms with Gasteiger partial charge in [0.2, 0.25) is 0 Å². The molecule has 106 valence electrons. The van der Waals surface area contributed by atoms with Crippen molar-refractivity contribution in [3.05, 3.63) is 47.5 Å². The van der Waals surface area contributed by atoms with Gasteiger partial charge in [-0.2, -0.15) is 0 Å². The number of ether oxygens (including phenoxy) is 1. The van der Waals surface area contributed by atoms with Crippen molar-refractivity contribution in [2.75, 3.05) is 6.54 Å². The molecule has 0 spiro atoms. The smallest absolute Gasteiger partial charge is 0.133 e. The minimum atomic E-state index is 0.0925. The lowest BCUT2D eigenvalue weighted by Crippen LogP contribution is -2.24. The van der Waals surface area contributed by atoms with Crippen LogP contribution in [0.25, 0.3) is 20.8 Å². The number of rotatable bonds is 2. The van der Waals surface area contributed by atoms with Crippen LogP contribution >= 0.6 is 11.3 Å². The molecule has 1 aromatic heterocycles. The molecule has 3 aromatic rings. The van der Waals surface area contributed by atoms with Gasteiger partial charge in [-0.1, -0.05) is 18.2 Å². The van der Waals surface area contributed by atoms with Gasteiger partial charge < -0.3 is 10.5 Å². The molecule has 0 aliphatic carbocycles. The number of aromatic nitrogens is 1. The number of hydrogen-bond acceptors (Lipinski definition) is 4. The van der Waals surface area contributed by atoms with Crippen molar-refractivity contribution in [3.63, 3.8) is 0 Å². The van der Waals surface area contributed by atoms with E-state index < -0.39 is 0 Å². The molecular formula is C17H16N2OS. The molecule has 0 fully saturated rings. The first kappa shape index (κ1) is 12.8. The Kier molecular flexibility index (Phi) is 2.94. The second-order valence-corrected chi connectivity index (χ2v) is 6.50. The van der Waals surface area contributed by atoms with E-state index in [2.05, 4.69) is 31.2 Å². The third-order valence-corrected chi connectivity index (χ3v) is 4.90. The van der Waals surface area contributed by atoms with Crippen molar-refractivity contribution in [2.45, 2.75) is 19.4 Å². The van der Waals surface area contributed by atoms with Gasteiger partial charge in [0.25, 0.3) is 0 Å². The van der Waals surface area contributed by atoms with Gasteiger partial charge in [0.1, 0.15) is 16.9 Å². The van der Waals surface area contributed by atoms with Crippen LogP contribution in [0.1, 0.15) is 11.1 Å². The van der Waals surface area contributed by atoms with Gasteiger partial charge in [0.05, 0.1) is 15.8 Å². The average Bonchev–Trinajstić information content (AvgIpc) is 3.09. The highest BCUT2D eigenvalue weighted by Gasteiger charge is 2.26. The van der Waals surface area contributed by atoms with Gasteiger partial charge in [-0.25, -0.2) is 4.98 Å². The Labute approximate surface area is 127 Å². The van der Waals surface area contributed by atoms with Crippen molar-refractivity contribution in [3.8, 4) is 16.3 Å². The Morgan fingerprint density at radius 1 is 1.33 bits per heavy atom. The molecule has 1 atom stereocenters. The second kappa shape index (κ2) is 4.83. The highest BCUT2D eigenvalue weighted by Crippen LogP contribution is 2.42. The van der Waals surface area contributed by atoms with Crippen LogP contribution in [0.3, 0.4) is 0 Å². The van der Waals surface area contributed by atoms with Crippen LogP contribution < -0.4 is 10.5 Å². The van der Waals surface area contributed by atoms with Crippen molar-refractivity contribution >= 4 is 21.6 Å². The number of nitrogens with two attached hydrogens (primary N) is 1.